The highest BCUT2D eigenvalue weighted by Crippen LogP contribution is 2.20. The second kappa shape index (κ2) is 5.01. The van der Waals surface area contributed by atoms with E-state index in [9.17, 15) is 0 Å². The second-order valence-corrected chi connectivity index (χ2v) is 4.87. The Hall–Kier alpha value is -2.28. The third-order valence-electron chi connectivity index (χ3n) is 3.18. The molecule has 3 aromatic rings. The molecule has 6 nitrogen and oxygen atoms in total. The van der Waals surface area contributed by atoms with Crippen molar-refractivity contribution in [3.8, 4) is 11.4 Å². The predicted molar refractivity (Wildman–Crippen MR) is 75.7 cm³/mol. The van der Waals surface area contributed by atoms with E-state index in [1.807, 2.05) is 30.5 Å². The number of hydrogen-bond donors (Lipinski definition) is 1. The van der Waals surface area contributed by atoms with Crippen LogP contribution in [0.5, 0.6) is 0 Å². The Balaban J connectivity index is 2.07. The molecule has 20 heavy (non-hydrogen) atoms. The fraction of sp³-hybridized carbons (Fsp3) is 0.231. The molecular weight excluding hydrogens is 274 g/mol. The molecule has 3 rings (SSSR count). The molecule has 0 radical (unpaired) electrons. The van der Waals surface area contributed by atoms with Gasteiger partial charge in [0.2, 0.25) is 0 Å². The van der Waals surface area contributed by atoms with Crippen molar-refractivity contribution in [2.24, 2.45) is 0 Å². The van der Waals surface area contributed by atoms with Crippen molar-refractivity contribution in [1.29, 1.82) is 0 Å². The lowest BCUT2D eigenvalue weighted by atomic mass is 10.2. The van der Waals surface area contributed by atoms with Gasteiger partial charge in [-0.3, -0.25) is 14.6 Å². The summed E-state index contributed by atoms with van der Waals surface area (Å²) in [5.41, 5.74) is 2.79. The SMILES string of the molecule is Cc1noc(C)c1Cn1c(-c2cccnc2)n[nH]c1=S. The number of pyridine rings is 1. The van der Waals surface area contributed by atoms with Crippen LogP contribution in [-0.4, -0.2) is 24.9 Å². The lowest BCUT2D eigenvalue weighted by Gasteiger charge is -2.06. The van der Waals surface area contributed by atoms with Gasteiger partial charge in [-0.15, -0.1) is 0 Å². The van der Waals surface area contributed by atoms with Crippen molar-refractivity contribution in [2.75, 3.05) is 0 Å². The molecule has 0 fully saturated rings. The van der Waals surface area contributed by atoms with E-state index in [1.54, 1.807) is 12.4 Å². The van der Waals surface area contributed by atoms with E-state index < -0.39 is 0 Å². The first-order valence-corrected chi connectivity index (χ1v) is 6.55. The number of nitrogens with zero attached hydrogens (tertiary/aromatic N) is 4. The smallest absolute Gasteiger partial charge is 0.195 e. The molecule has 0 atom stereocenters. The minimum absolute atomic E-state index is 0.559. The molecule has 0 saturated carbocycles. The normalized spacial score (nSPS) is 10.9. The number of aromatic nitrogens is 5. The van der Waals surface area contributed by atoms with E-state index in [4.69, 9.17) is 16.7 Å². The van der Waals surface area contributed by atoms with Crippen LogP contribution >= 0.6 is 12.2 Å². The van der Waals surface area contributed by atoms with Crippen LogP contribution < -0.4 is 0 Å². The van der Waals surface area contributed by atoms with Crippen molar-refractivity contribution in [3.05, 3.63) is 46.3 Å². The Kier molecular flexibility index (Phi) is 3.19. The topological polar surface area (TPSA) is 72.5 Å². The average molecular weight is 287 g/mol. The van der Waals surface area contributed by atoms with Gasteiger partial charge in [-0.1, -0.05) is 5.16 Å². The molecule has 0 aliphatic carbocycles. The van der Waals surface area contributed by atoms with Crippen LogP contribution in [0.4, 0.5) is 0 Å². The van der Waals surface area contributed by atoms with Crippen LogP contribution in [0.3, 0.4) is 0 Å². The molecule has 0 aliphatic heterocycles. The third kappa shape index (κ3) is 2.16. The molecule has 0 aliphatic rings. The summed E-state index contributed by atoms with van der Waals surface area (Å²) in [4.78, 5) is 4.11. The summed E-state index contributed by atoms with van der Waals surface area (Å²) in [5.74, 6) is 1.55. The predicted octanol–water partition coefficient (Wildman–Crippen LogP) is 2.66. The summed E-state index contributed by atoms with van der Waals surface area (Å²) in [5, 5.41) is 11.1. The van der Waals surface area contributed by atoms with Gasteiger partial charge in [0.1, 0.15) is 5.76 Å². The Morgan fingerprint density at radius 1 is 1.40 bits per heavy atom. The van der Waals surface area contributed by atoms with Crippen LogP contribution in [-0.2, 0) is 6.54 Å². The number of aryl methyl sites for hydroxylation is 2. The number of hydrogen-bond acceptors (Lipinski definition) is 5. The van der Waals surface area contributed by atoms with Crippen molar-refractivity contribution in [3.63, 3.8) is 0 Å². The molecular formula is C13H13N5OS. The number of aromatic amines is 1. The molecule has 0 spiro atoms. The molecule has 3 heterocycles. The zero-order valence-electron chi connectivity index (χ0n) is 11.1. The fourth-order valence-electron chi connectivity index (χ4n) is 2.07. The lowest BCUT2D eigenvalue weighted by molar-refractivity contribution is 0.392. The summed E-state index contributed by atoms with van der Waals surface area (Å²) in [7, 11) is 0. The number of rotatable bonds is 3. The standard InChI is InChI=1S/C13H13N5OS/c1-8-11(9(2)19-17-8)7-18-12(15-16-13(18)20)10-4-3-5-14-6-10/h3-6H,7H2,1-2H3,(H,16,20). The Labute approximate surface area is 120 Å². The maximum absolute atomic E-state index is 5.31. The van der Waals surface area contributed by atoms with Gasteiger partial charge in [-0.25, -0.2) is 0 Å². The van der Waals surface area contributed by atoms with Gasteiger partial charge in [0.15, 0.2) is 10.6 Å². The number of H-pyrrole nitrogens is 1. The Morgan fingerprint density at radius 3 is 2.90 bits per heavy atom. The van der Waals surface area contributed by atoms with Crippen molar-refractivity contribution in [1.82, 2.24) is 24.9 Å². The monoisotopic (exact) mass is 287 g/mol. The average Bonchev–Trinajstić information content (AvgIpc) is 2.98. The molecule has 0 unspecified atom stereocenters. The first-order chi connectivity index (χ1) is 9.66. The highest BCUT2D eigenvalue weighted by atomic mass is 32.1. The summed E-state index contributed by atoms with van der Waals surface area (Å²) in [6.45, 7) is 4.38. The van der Waals surface area contributed by atoms with Crippen LogP contribution in [0.2, 0.25) is 0 Å². The van der Waals surface area contributed by atoms with Gasteiger partial charge < -0.3 is 4.52 Å². The maximum Gasteiger partial charge on any atom is 0.195 e. The zero-order chi connectivity index (χ0) is 14.1. The van der Waals surface area contributed by atoms with E-state index in [0.29, 0.717) is 11.3 Å². The largest absolute Gasteiger partial charge is 0.361 e. The molecule has 102 valence electrons. The van der Waals surface area contributed by atoms with E-state index in [1.165, 1.54) is 0 Å². The number of nitrogens with one attached hydrogen (secondary N) is 1. The van der Waals surface area contributed by atoms with Gasteiger partial charge in [-0.05, 0) is 38.2 Å². The minimum Gasteiger partial charge on any atom is -0.361 e. The maximum atomic E-state index is 5.31. The summed E-state index contributed by atoms with van der Waals surface area (Å²) < 4.78 is 7.66. The second-order valence-electron chi connectivity index (χ2n) is 4.48. The summed E-state index contributed by atoms with van der Waals surface area (Å²) in [6, 6.07) is 3.81. The van der Waals surface area contributed by atoms with Crippen molar-refractivity contribution >= 4 is 12.2 Å². The quantitative estimate of drug-likeness (QED) is 0.750. The van der Waals surface area contributed by atoms with Gasteiger partial charge in [-0.2, -0.15) is 5.10 Å². The minimum atomic E-state index is 0.559. The van der Waals surface area contributed by atoms with Crippen molar-refractivity contribution in [2.45, 2.75) is 20.4 Å². The van der Waals surface area contributed by atoms with Crippen LogP contribution in [0.25, 0.3) is 11.4 Å². The molecule has 0 amide bonds. The third-order valence-corrected chi connectivity index (χ3v) is 3.49. The fourth-order valence-corrected chi connectivity index (χ4v) is 2.26. The highest BCUT2D eigenvalue weighted by molar-refractivity contribution is 7.71. The molecule has 7 heteroatoms. The first kappa shape index (κ1) is 12.7. The zero-order valence-corrected chi connectivity index (χ0v) is 11.9. The summed E-state index contributed by atoms with van der Waals surface area (Å²) in [6.07, 6.45) is 3.48. The summed E-state index contributed by atoms with van der Waals surface area (Å²) >= 11 is 5.31. The molecule has 0 saturated heterocycles. The highest BCUT2D eigenvalue weighted by Gasteiger charge is 2.14. The van der Waals surface area contributed by atoms with E-state index in [2.05, 4.69) is 20.3 Å². The van der Waals surface area contributed by atoms with Crippen LogP contribution in [0, 0.1) is 18.6 Å². The van der Waals surface area contributed by atoms with Gasteiger partial charge in [0.05, 0.1) is 12.2 Å². The van der Waals surface area contributed by atoms with Gasteiger partial charge in [0.25, 0.3) is 0 Å². The molecule has 3 aromatic heterocycles. The van der Waals surface area contributed by atoms with Crippen molar-refractivity contribution < 1.29 is 4.52 Å². The lowest BCUT2D eigenvalue weighted by Crippen LogP contribution is -2.04. The molecule has 1 N–H and O–H groups in total. The first-order valence-electron chi connectivity index (χ1n) is 6.14. The van der Waals surface area contributed by atoms with Crippen LogP contribution in [0.15, 0.2) is 29.0 Å². The van der Waals surface area contributed by atoms with E-state index in [0.717, 1.165) is 28.4 Å². The van der Waals surface area contributed by atoms with E-state index in [-0.39, 0.29) is 0 Å². The van der Waals surface area contributed by atoms with Gasteiger partial charge in [0, 0.05) is 23.5 Å². The van der Waals surface area contributed by atoms with E-state index >= 15 is 0 Å². The van der Waals surface area contributed by atoms with Crippen LogP contribution in [0.1, 0.15) is 17.0 Å². The van der Waals surface area contributed by atoms with Gasteiger partial charge >= 0.3 is 0 Å². The molecule has 0 aromatic carbocycles. The Morgan fingerprint density at radius 2 is 2.25 bits per heavy atom. The Bertz CT molecular complexity index is 767. The molecule has 0 bridgehead atoms.